The van der Waals surface area contributed by atoms with E-state index in [1.807, 2.05) is 0 Å². The lowest BCUT2D eigenvalue weighted by Gasteiger charge is -2.41. The normalized spacial score (nSPS) is 35.9. The number of hydrogen-bond donors (Lipinski definition) is 1. The molecular formula is C11H18O7. The predicted octanol–water partition coefficient (Wildman–Crippen LogP) is -0.398. The molecule has 1 rings (SSSR count). The highest BCUT2D eigenvalue weighted by atomic mass is 16.7. The van der Waals surface area contributed by atoms with Crippen LogP contribution in [0.15, 0.2) is 0 Å². The summed E-state index contributed by atoms with van der Waals surface area (Å²) in [4.78, 5) is 22.1. The van der Waals surface area contributed by atoms with Gasteiger partial charge in [-0.1, -0.05) is 0 Å². The van der Waals surface area contributed by atoms with Crippen molar-refractivity contribution < 1.29 is 33.6 Å². The number of carbonyl (C=O) groups is 2. The zero-order chi connectivity index (χ0) is 13.9. The van der Waals surface area contributed by atoms with Gasteiger partial charge in [0.2, 0.25) is 0 Å². The van der Waals surface area contributed by atoms with E-state index in [4.69, 9.17) is 18.9 Å². The second kappa shape index (κ2) is 6.12. The van der Waals surface area contributed by atoms with Gasteiger partial charge in [0.25, 0.3) is 0 Å². The summed E-state index contributed by atoms with van der Waals surface area (Å²) >= 11 is 0. The average Bonchev–Trinajstić information content (AvgIpc) is 2.23. The van der Waals surface area contributed by atoms with Crippen molar-refractivity contribution in [1.29, 1.82) is 0 Å². The van der Waals surface area contributed by atoms with E-state index in [0.29, 0.717) is 0 Å². The number of esters is 2. The summed E-state index contributed by atoms with van der Waals surface area (Å²) in [6.07, 6.45) is -4.50. The van der Waals surface area contributed by atoms with Gasteiger partial charge in [0.15, 0.2) is 18.5 Å². The quantitative estimate of drug-likeness (QED) is 0.692. The first-order valence-corrected chi connectivity index (χ1v) is 5.57. The van der Waals surface area contributed by atoms with Crippen LogP contribution in [0.3, 0.4) is 0 Å². The van der Waals surface area contributed by atoms with Crippen LogP contribution in [0.1, 0.15) is 20.8 Å². The maximum absolute atomic E-state index is 11.1. The number of carbonyl (C=O) groups excluding carboxylic acids is 2. The third kappa shape index (κ3) is 3.41. The molecule has 1 aliphatic heterocycles. The predicted molar refractivity (Wildman–Crippen MR) is 58.5 cm³/mol. The van der Waals surface area contributed by atoms with E-state index in [1.165, 1.54) is 21.0 Å². The fourth-order valence-electron chi connectivity index (χ4n) is 1.96. The molecule has 1 aliphatic rings. The van der Waals surface area contributed by atoms with Crippen molar-refractivity contribution in [3.05, 3.63) is 0 Å². The highest BCUT2D eigenvalue weighted by Crippen LogP contribution is 2.26. The minimum absolute atomic E-state index is 0.499. The Morgan fingerprint density at radius 2 is 1.56 bits per heavy atom. The largest absolute Gasteiger partial charge is 0.455 e. The Morgan fingerprint density at radius 3 is 2.00 bits per heavy atom. The maximum Gasteiger partial charge on any atom is 0.303 e. The third-order valence-electron chi connectivity index (χ3n) is 2.62. The second-order valence-corrected chi connectivity index (χ2v) is 4.08. The van der Waals surface area contributed by atoms with Crippen LogP contribution < -0.4 is 0 Å². The van der Waals surface area contributed by atoms with E-state index >= 15 is 0 Å². The van der Waals surface area contributed by atoms with Crippen molar-refractivity contribution >= 4 is 11.9 Å². The molecular weight excluding hydrogens is 244 g/mol. The molecule has 0 radical (unpaired) electrons. The Hall–Kier alpha value is -1.18. The number of aliphatic hydroxyl groups excluding tert-OH is 1. The zero-order valence-corrected chi connectivity index (χ0v) is 10.8. The summed E-state index contributed by atoms with van der Waals surface area (Å²) in [7, 11) is 1.42. The highest BCUT2D eigenvalue weighted by Gasteiger charge is 2.48. The van der Waals surface area contributed by atoms with Crippen molar-refractivity contribution in [2.24, 2.45) is 0 Å². The van der Waals surface area contributed by atoms with Gasteiger partial charge in [-0.05, 0) is 6.92 Å². The molecule has 0 bridgehead atoms. The van der Waals surface area contributed by atoms with E-state index < -0.39 is 42.6 Å². The summed E-state index contributed by atoms with van der Waals surface area (Å²) in [5.74, 6) is -1.16. The molecule has 0 spiro atoms. The number of aliphatic hydroxyl groups is 1. The summed E-state index contributed by atoms with van der Waals surface area (Å²) in [5, 5.41) is 9.74. The molecule has 1 fully saturated rings. The van der Waals surface area contributed by atoms with Gasteiger partial charge in [-0.15, -0.1) is 0 Å². The molecule has 104 valence electrons. The molecule has 0 aromatic carbocycles. The minimum atomic E-state index is -1.36. The van der Waals surface area contributed by atoms with E-state index in [2.05, 4.69) is 0 Å². The molecule has 0 aromatic rings. The number of methoxy groups -OCH3 is 1. The topological polar surface area (TPSA) is 91.3 Å². The van der Waals surface area contributed by atoms with Crippen LogP contribution in [-0.4, -0.2) is 54.9 Å². The second-order valence-electron chi connectivity index (χ2n) is 4.08. The summed E-state index contributed by atoms with van der Waals surface area (Å²) in [6.45, 7) is 4.08. The summed E-state index contributed by atoms with van der Waals surface area (Å²) in [5.41, 5.74) is 0. The van der Waals surface area contributed by atoms with Gasteiger partial charge in [-0.25, -0.2) is 0 Å². The van der Waals surface area contributed by atoms with Crippen molar-refractivity contribution in [2.75, 3.05) is 7.11 Å². The standard InChI is InChI=1S/C11H18O7/c1-5-8(15-4)9(17-6(2)12)10(11(14)16-5)18-7(3)13/h5,8-11,14H,1-4H3/t5-,8-,9+,10+,11+/m1/s1. The molecule has 1 N–H and O–H groups in total. The van der Waals surface area contributed by atoms with Gasteiger partial charge < -0.3 is 24.1 Å². The molecule has 1 heterocycles. The molecule has 0 aliphatic carbocycles. The fraction of sp³-hybridized carbons (Fsp3) is 0.818. The first kappa shape index (κ1) is 14.9. The van der Waals surface area contributed by atoms with Crippen molar-refractivity contribution in [1.82, 2.24) is 0 Å². The van der Waals surface area contributed by atoms with Gasteiger partial charge in [0.1, 0.15) is 6.10 Å². The first-order chi connectivity index (χ1) is 8.36. The number of ether oxygens (including phenoxy) is 4. The molecule has 18 heavy (non-hydrogen) atoms. The minimum Gasteiger partial charge on any atom is -0.455 e. The summed E-state index contributed by atoms with van der Waals surface area (Å²) in [6, 6.07) is 0. The Kier molecular flexibility index (Phi) is 5.06. The average molecular weight is 262 g/mol. The van der Waals surface area contributed by atoms with Crippen LogP contribution in [0.2, 0.25) is 0 Å². The lowest BCUT2D eigenvalue weighted by Crippen LogP contribution is -2.59. The Labute approximate surface area is 105 Å². The maximum atomic E-state index is 11.1. The van der Waals surface area contributed by atoms with Gasteiger partial charge in [-0.2, -0.15) is 0 Å². The van der Waals surface area contributed by atoms with E-state index in [0.717, 1.165) is 0 Å². The van der Waals surface area contributed by atoms with Crippen LogP contribution in [0.4, 0.5) is 0 Å². The fourth-order valence-corrected chi connectivity index (χ4v) is 1.96. The monoisotopic (exact) mass is 262 g/mol. The molecule has 0 saturated carbocycles. The molecule has 0 aromatic heterocycles. The van der Waals surface area contributed by atoms with Gasteiger partial charge in [0.05, 0.1) is 6.10 Å². The Balaban J connectivity index is 2.93. The van der Waals surface area contributed by atoms with Crippen LogP contribution in [0.5, 0.6) is 0 Å². The van der Waals surface area contributed by atoms with Crippen molar-refractivity contribution in [3.8, 4) is 0 Å². The van der Waals surface area contributed by atoms with Gasteiger partial charge in [0, 0.05) is 21.0 Å². The highest BCUT2D eigenvalue weighted by molar-refractivity contribution is 5.67. The smallest absolute Gasteiger partial charge is 0.303 e. The molecule has 7 nitrogen and oxygen atoms in total. The van der Waals surface area contributed by atoms with Crippen LogP contribution in [0, 0.1) is 0 Å². The Bertz CT molecular complexity index is 317. The lowest BCUT2D eigenvalue weighted by molar-refractivity contribution is -0.288. The van der Waals surface area contributed by atoms with Gasteiger partial charge >= 0.3 is 11.9 Å². The summed E-state index contributed by atoms with van der Waals surface area (Å²) < 4.78 is 20.3. The first-order valence-electron chi connectivity index (χ1n) is 5.57. The third-order valence-corrected chi connectivity index (χ3v) is 2.62. The number of rotatable bonds is 3. The molecule has 0 amide bonds. The van der Waals surface area contributed by atoms with Gasteiger partial charge in [-0.3, -0.25) is 9.59 Å². The van der Waals surface area contributed by atoms with E-state index in [1.54, 1.807) is 6.92 Å². The zero-order valence-electron chi connectivity index (χ0n) is 10.8. The molecule has 7 heteroatoms. The van der Waals surface area contributed by atoms with Crippen molar-refractivity contribution in [3.63, 3.8) is 0 Å². The molecule has 0 unspecified atom stereocenters. The van der Waals surface area contributed by atoms with E-state index in [-0.39, 0.29) is 0 Å². The van der Waals surface area contributed by atoms with E-state index in [9.17, 15) is 14.7 Å². The SMILES string of the molecule is CO[C@H]1[C@H](OC(C)=O)[C@H](OC(C)=O)[C@@H](O)O[C@@H]1C. The number of hydrogen-bond acceptors (Lipinski definition) is 7. The lowest BCUT2D eigenvalue weighted by atomic mass is 9.99. The molecule has 1 saturated heterocycles. The van der Waals surface area contributed by atoms with Crippen LogP contribution >= 0.6 is 0 Å². The Morgan fingerprint density at radius 1 is 1.06 bits per heavy atom. The van der Waals surface area contributed by atoms with Crippen LogP contribution in [0.25, 0.3) is 0 Å². The van der Waals surface area contributed by atoms with Crippen LogP contribution in [-0.2, 0) is 28.5 Å². The van der Waals surface area contributed by atoms with Crippen molar-refractivity contribution in [2.45, 2.75) is 51.5 Å². The molecule has 5 atom stereocenters.